The number of carbonyl (C=O) groups is 1. The van der Waals surface area contributed by atoms with Crippen molar-refractivity contribution < 1.29 is 9.53 Å². The Labute approximate surface area is 157 Å². The van der Waals surface area contributed by atoms with E-state index in [1.165, 1.54) is 19.4 Å². The van der Waals surface area contributed by atoms with Gasteiger partial charge in [0.05, 0.1) is 31.2 Å². The van der Waals surface area contributed by atoms with E-state index in [4.69, 9.17) is 4.74 Å². The number of H-pyrrole nitrogens is 1. The maximum Gasteiger partial charge on any atom is 0.271 e. The highest BCUT2D eigenvalue weighted by molar-refractivity contribution is 5.87. The third-order valence-corrected chi connectivity index (χ3v) is 4.56. The van der Waals surface area contributed by atoms with Gasteiger partial charge in [-0.25, -0.2) is 4.98 Å². The van der Waals surface area contributed by atoms with Gasteiger partial charge in [0.2, 0.25) is 11.8 Å². The number of nitrogens with zero attached hydrogens (tertiary/aromatic N) is 4. The smallest absolute Gasteiger partial charge is 0.271 e. The van der Waals surface area contributed by atoms with E-state index in [9.17, 15) is 9.59 Å². The molecule has 8 nitrogen and oxygen atoms in total. The van der Waals surface area contributed by atoms with E-state index in [1.54, 1.807) is 17.3 Å². The van der Waals surface area contributed by atoms with Crippen molar-refractivity contribution >= 4 is 11.6 Å². The van der Waals surface area contributed by atoms with Crippen LogP contribution in [0.25, 0.3) is 11.3 Å². The molecule has 2 aromatic heterocycles. The van der Waals surface area contributed by atoms with Gasteiger partial charge in [-0.3, -0.25) is 14.6 Å². The minimum atomic E-state index is -0.170. The molecule has 2 aromatic rings. The quantitative estimate of drug-likeness (QED) is 0.743. The zero-order valence-electron chi connectivity index (χ0n) is 15.5. The van der Waals surface area contributed by atoms with Gasteiger partial charge in [0.25, 0.3) is 5.56 Å². The summed E-state index contributed by atoms with van der Waals surface area (Å²) in [6.45, 7) is 7.45. The zero-order chi connectivity index (χ0) is 19.4. The molecule has 1 amide bonds. The maximum absolute atomic E-state index is 12.5. The number of methoxy groups -OCH3 is 1. The Morgan fingerprint density at radius 1 is 1.48 bits per heavy atom. The number of likely N-dealkylation sites (tertiary alicyclic amines) is 1. The van der Waals surface area contributed by atoms with Crippen LogP contribution < -0.4 is 15.2 Å². The van der Waals surface area contributed by atoms with E-state index in [1.807, 2.05) is 6.07 Å². The summed E-state index contributed by atoms with van der Waals surface area (Å²) in [5.74, 6) is 0.320. The molecule has 142 valence electrons. The maximum atomic E-state index is 12.5. The predicted molar refractivity (Wildman–Crippen MR) is 103 cm³/mol. The highest BCUT2D eigenvalue weighted by Crippen LogP contribution is 2.25. The summed E-state index contributed by atoms with van der Waals surface area (Å²) >= 11 is 0. The Bertz CT molecular complexity index is 889. The van der Waals surface area contributed by atoms with E-state index >= 15 is 0 Å². The van der Waals surface area contributed by atoms with Crippen LogP contribution in [0.2, 0.25) is 0 Å². The summed E-state index contributed by atoms with van der Waals surface area (Å²) in [6.07, 6.45) is 6.97. The van der Waals surface area contributed by atoms with Crippen molar-refractivity contribution in [2.24, 2.45) is 0 Å². The van der Waals surface area contributed by atoms with Crippen LogP contribution >= 0.6 is 0 Å². The molecular formula is C19H23N5O3. The van der Waals surface area contributed by atoms with Crippen molar-refractivity contribution in [2.75, 3.05) is 31.6 Å². The molecule has 0 spiro atoms. The van der Waals surface area contributed by atoms with Crippen LogP contribution in [0.15, 0.2) is 42.1 Å². The van der Waals surface area contributed by atoms with Crippen LogP contribution in [0.3, 0.4) is 0 Å². The van der Waals surface area contributed by atoms with Gasteiger partial charge in [-0.1, -0.05) is 13.5 Å². The summed E-state index contributed by atoms with van der Waals surface area (Å²) in [7, 11) is 1.53. The molecule has 1 aliphatic rings. The van der Waals surface area contributed by atoms with Crippen molar-refractivity contribution in [2.45, 2.75) is 19.4 Å². The minimum Gasteiger partial charge on any atom is -0.480 e. The molecule has 0 unspecified atom stereocenters. The van der Waals surface area contributed by atoms with E-state index in [-0.39, 0.29) is 17.5 Å². The van der Waals surface area contributed by atoms with Gasteiger partial charge in [0.1, 0.15) is 5.69 Å². The number of hydrogen-bond acceptors (Lipinski definition) is 6. The highest BCUT2D eigenvalue weighted by Gasteiger charge is 2.34. The SMILES string of the molecule is C=CC(=O)N1CC(N(CCC)c2cc(-c3cncc(OC)n3)c[nH]c2=O)C1. The zero-order valence-corrected chi connectivity index (χ0v) is 15.5. The largest absolute Gasteiger partial charge is 0.480 e. The summed E-state index contributed by atoms with van der Waals surface area (Å²) < 4.78 is 5.12. The fourth-order valence-corrected chi connectivity index (χ4v) is 3.12. The molecule has 0 aromatic carbocycles. The molecule has 1 aliphatic heterocycles. The van der Waals surface area contributed by atoms with E-state index in [0.29, 0.717) is 30.4 Å². The fraction of sp³-hybridized carbons (Fsp3) is 0.368. The van der Waals surface area contributed by atoms with Crippen molar-refractivity contribution in [3.8, 4) is 17.1 Å². The number of nitrogens with one attached hydrogen (secondary N) is 1. The molecule has 1 saturated heterocycles. The molecule has 3 heterocycles. The molecule has 0 aliphatic carbocycles. The lowest BCUT2D eigenvalue weighted by Gasteiger charge is -2.45. The monoisotopic (exact) mass is 369 g/mol. The fourth-order valence-electron chi connectivity index (χ4n) is 3.12. The first-order chi connectivity index (χ1) is 13.1. The van der Waals surface area contributed by atoms with E-state index in [2.05, 4.69) is 33.4 Å². The Kier molecular flexibility index (Phi) is 5.54. The van der Waals surface area contributed by atoms with Gasteiger partial charge >= 0.3 is 0 Å². The number of anilines is 1. The Morgan fingerprint density at radius 2 is 2.26 bits per heavy atom. The Balaban J connectivity index is 1.90. The first kappa shape index (κ1) is 18.6. The normalized spacial score (nSPS) is 13.8. The molecule has 27 heavy (non-hydrogen) atoms. The number of aromatic amines is 1. The van der Waals surface area contributed by atoms with Gasteiger partial charge in [0, 0.05) is 31.4 Å². The third-order valence-electron chi connectivity index (χ3n) is 4.56. The second-order valence-corrected chi connectivity index (χ2v) is 6.34. The van der Waals surface area contributed by atoms with Gasteiger partial charge in [-0.2, -0.15) is 0 Å². The summed E-state index contributed by atoms with van der Waals surface area (Å²) in [5, 5.41) is 0. The second-order valence-electron chi connectivity index (χ2n) is 6.34. The van der Waals surface area contributed by atoms with Crippen molar-refractivity contribution in [3.63, 3.8) is 0 Å². The van der Waals surface area contributed by atoms with Crippen molar-refractivity contribution in [1.82, 2.24) is 19.9 Å². The van der Waals surface area contributed by atoms with Crippen LogP contribution in [0, 0.1) is 0 Å². The average Bonchev–Trinajstić information content (AvgIpc) is 2.66. The van der Waals surface area contributed by atoms with Gasteiger partial charge in [-0.15, -0.1) is 0 Å². The number of hydrogen-bond donors (Lipinski definition) is 1. The molecule has 3 rings (SSSR count). The van der Waals surface area contributed by atoms with E-state index < -0.39 is 0 Å². The first-order valence-electron chi connectivity index (χ1n) is 8.84. The van der Waals surface area contributed by atoms with E-state index in [0.717, 1.165) is 18.5 Å². The summed E-state index contributed by atoms with van der Waals surface area (Å²) in [5.41, 5.74) is 1.75. The lowest BCUT2D eigenvalue weighted by Crippen LogP contribution is -2.61. The number of pyridine rings is 1. The van der Waals surface area contributed by atoms with Crippen molar-refractivity contribution in [1.29, 1.82) is 0 Å². The number of ether oxygens (including phenoxy) is 1. The van der Waals surface area contributed by atoms with Crippen LogP contribution in [-0.4, -0.2) is 58.5 Å². The topological polar surface area (TPSA) is 91.4 Å². The molecular weight excluding hydrogens is 346 g/mol. The van der Waals surface area contributed by atoms with Crippen LogP contribution in [0.4, 0.5) is 5.69 Å². The Morgan fingerprint density at radius 3 is 2.93 bits per heavy atom. The Hall–Kier alpha value is -3.16. The van der Waals surface area contributed by atoms with Crippen molar-refractivity contribution in [3.05, 3.63) is 47.7 Å². The standard InChI is InChI=1S/C19H23N5O3/c1-4-6-24(14-11-23(12-14)18(25)5-2)16-7-13(8-21-19(16)26)15-9-20-10-17(22-15)27-3/h5,7-10,14H,2,4,6,11-12H2,1,3H3,(H,21,26). The first-order valence-corrected chi connectivity index (χ1v) is 8.84. The predicted octanol–water partition coefficient (Wildman–Crippen LogP) is 1.45. The van der Waals surface area contributed by atoms with Crippen LogP contribution in [0.1, 0.15) is 13.3 Å². The molecule has 1 N–H and O–H groups in total. The second kappa shape index (κ2) is 8.03. The molecule has 1 fully saturated rings. The summed E-state index contributed by atoms with van der Waals surface area (Å²) in [4.78, 5) is 39.3. The number of aromatic nitrogens is 3. The number of carbonyl (C=O) groups excluding carboxylic acids is 1. The molecule has 0 atom stereocenters. The summed E-state index contributed by atoms with van der Waals surface area (Å²) in [6, 6.07) is 1.91. The lowest BCUT2D eigenvalue weighted by molar-refractivity contribution is -0.130. The van der Waals surface area contributed by atoms with Crippen LogP contribution in [-0.2, 0) is 4.79 Å². The molecule has 8 heteroatoms. The highest BCUT2D eigenvalue weighted by atomic mass is 16.5. The molecule has 0 bridgehead atoms. The lowest BCUT2D eigenvalue weighted by atomic mass is 10.0. The van der Waals surface area contributed by atoms with Gasteiger partial charge < -0.3 is 19.5 Å². The third kappa shape index (κ3) is 3.84. The number of amides is 1. The average molecular weight is 369 g/mol. The number of rotatable bonds is 7. The van der Waals surface area contributed by atoms with Gasteiger partial charge in [0.15, 0.2) is 0 Å². The van der Waals surface area contributed by atoms with Gasteiger partial charge in [-0.05, 0) is 18.6 Å². The van der Waals surface area contributed by atoms with Crippen LogP contribution in [0.5, 0.6) is 5.88 Å². The molecule has 0 radical (unpaired) electrons. The molecule has 0 saturated carbocycles. The minimum absolute atomic E-state index is 0.0861.